The molecule has 148 valence electrons. The number of nitrogens with zero attached hydrogens (tertiary/aromatic N) is 2. The van der Waals surface area contributed by atoms with Crippen molar-refractivity contribution in [2.75, 3.05) is 33.4 Å². The van der Waals surface area contributed by atoms with E-state index in [0.29, 0.717) is 19.8 Å². The molecule has 8 heteroatoms. The molecular weight excluding hydrogens is 368 g/mol. The van der Waals surface area contributed by atoms with Crippen LogP contribution in [0.5, 0.6) is 5.75 Å². The number of ether oxygens (including phenoxy) is 2. The number of methoxy groups -OCH3 is 1. The molecule has 0 unspecified atom stereocenters. The largest absolute Gasteiger partial charge is 0.491 e. The standard InChI is InChI=1S/C19H26N4O3.ClH/c1-25-13-14-26-17-5-3-16(4-6-17)15-21-18(24)19(7-10-20-11-8-19)23-12-2-9-22-23;/h2-6,9,12,20H,7-8,10-11,13-15H2,1H3,(H,21,24);1H. The van der Waals surface area contributed by atoms with E-state index in [0.717, 1.165) is 37.2 Å². The van der Waals surface area contributed by atoms with Gasteiger partial charge in [0.25, 0.3) is 0 Å². The number of rotatable bonds is 8. The summed E-state index contributed by atoms with van der Waals surface area (Å²) in [4.78, 5) is 13.0. The Labute approximate surface area is 165 Å². The van der Waals surface area contributed by atoms with Crippen LogP contribution in [-0.4, -0.2) is 49.1 Å². The number of carbonyl (C=O) groups excluding carboxylic acids is 1. The van der Waals surface area contributed by atoms with Crippen molar-refractivity contribution in [2.45, 2.75) is 24.9 Å². The van der Waals surface area contributed by atoms with E-state index in [1.807, 2.05) is 36.5 Å². The predicted octanol–water partition coefficient (Wildman–Crippen LogP) is 1.73. The number of benzene rings is 1. The maximum absolute atomic E-state index is 13.0. The highest BCUT2D eigenvalue weighted by atomic mass is 35.5. The van der Waals surface area contributed by atoms with Gasteiger partial charge in [0.2, 0.25) is 5.91 Å². The first-order valence-electron chi connectivity index (χ1n) is 8.94. The zero-order valence-corrected chi connectivity index (χ0v) is 16.3. The molecule has 7 nitrogen and oxygen atoms in total. The fourth-order valence-electron chi connectivity index (χ4n) is 3.22. The Kier molecular flexibility index (Phi) is 8.09. The zero-order valence-electron chi connectivity index (χ0n) is 15.5. The van der Waals surface area contributed by atoms with Gasteiger partial charge in [0.1, 0.15) is 17.9 Å². The molecule has 1 aliphatic rings. The summed E-state index contributed by atoms with van der Waals surface area (Å²) in [5.41, 5.74) is 0.416. The van der Waals surface area contributed by atoms with Gasteiger partial charge in [-0.05, 0) is 49.7 Å². The minimum Gasteiger partial charge on any atom is -0.491 e. The van der Waals surface area contributed by atoms with Crippen molar-refractivity contribution in [3.05, 3.63) is 48.3 Å². The number of piperidine rings is 1. The lowest BCUT2D eigenvalue weighted by atomic mass is 9.87. The third-order valence-electron chi connectivity index (χ3n) is 4.73. The van der Waals surface area contributed by atoms with Crippen molar-refractivity contribution in [2.24, 2.45) is 0 Å². The van der Waals surface area contributed by atoms with Crippen LogP contribution in [0.2, 0.25) is 0 Å². The molecule has 0 radical (unpaired) electrons. The van der Waals surface area contributed by atoms with Crippen molar-refractivity contribution in [3.63, 3.8) is 0 Å². The van der Waals surface area contributed by atoms with Gasteiger partial charge in [-0.25, -0.2) is 0 Å². The quantitative estimate of drug-likeness (QED) is 0.667. The summed E-state index contributed by atoms with van der Waals surface area (Å²) in [6.07, 6.45) is 5.05. The van der Waals surface area contributed by atoms with Gasteiger partial charge >= 0.3 is 0 Å². The third kappa shape index (κ3) is 5.22. The molecule has 1 aromatic heterocycles. The Morgan fingerprint density at radius 3 is 2.63 bits per heavy atom. The van der Waals surface area contributed by atoms with E-state index in [2.05, 4.69) is 15.7 Å². The maximum atomic E-state index is 13.0. The highest BCUT2D eigenvalue weighted by molar-refractivity contribution is 5.85. The first kappa shape index (κ1) is 21.2. The van der Waals surface area contributed by atoms with Crippen LogP contribution in [0.4, 0.5) is 0 Å². The summed E-state index contributed by atoms with van der Waals surface area (Å²) in [7, 11) is 1.65. The molecule has 3 rings (SSSR count). The van der Waals surface area contributed by atoms with E-state index in [1.165, 1.54) is 0 Å². The summed E-state index contributed by atoms with van der Waals surface area (Å²) >= 11 is 0. The molecule has 0 atom stereocenters. The molecule has 1 fully saturated rings. The molecule has 0 aliphatic carbocycles. The summed E-state index contributed by atoms with van der Waals surface area (Å²) in [6.45, 7) is 3.17. The van der Waals surface area contributed by atoms with E-state index in [1.54, 1.807) is 18.0 Å². The second-order valence-electron chi connectivity index (χ2n) is 6.40. The highest BCUT2D eigenvalue weighted by Gasteiger charge is 2.41. The van der Waals surface area contributed by atoms with E-state index in [4.69, 9.17) is 9.47 Å². The van der Waals surface area contributed by atoms with E-state index < -0.39 is 5.54 Å². The normalized spacial score (nSPS) is 15.6. The third-order valence-corrected chi connectivity index (χ3v) is 4.73. The van der Waals surface area contributed by atoms with Crippen LogP contribution >= 0.6 is 12.4 Å². The molecule has 1 saturated heterocycles. The molecule has 1 aliphatic heterocycles. The van der Waals surface area contributed by atoms with Gasteiger partial charge in [-0.3, -0.25) is 9.48 Å². The maximum Gasteiger partial charge on any atom is 0.248 e. The Morgan fingerprint density at radius 1 is 1.26 bits per heavy atom. The van der Waals surface area contributed by atoms with E-state index >= 15 is 0 Å². The van der Waals surface area contributed by atoms with Gasteiger partial charge < -0.3 is 20.1 Å². The highest BCUT2D eigenvalue weighted by Crippen LogP contribution is 2.27. The topological polar surface area (TPSA) is 77.4 Å². The zero-order chi connectivity index (χ0) is 18.2. The fraction of sp³-hybridized carbons (Fsp3) is 0.474. The van der Waals surface area contributed by atoms with Crippen molar-refractivity contribution in [1.29, 1.82) is 0 Å². The Balaban J connectivity index is 0.00000261. The van der Waals surface area contributed by atoms with Crippen LogP contribution in [0.3, 0.4) is 0 Å². The second kappa shape index (κ2) is 10.3. The lowest BCUT2D eigenvalue weighted by Gasteiger charge is -2.36. The van der Waals surface area contributed by atoms with Crippen LogP contribution in [-0.2, 0) is 21.6 Å². The fourth-order valence-corrected chi connectivity index (χ4v) is 3.22. The predicted molar refractivity (Wildman–Crippen MR) is 105 cm³/mol. The number of nitrogens with one attached hydrogen (secondary N) is 2. The molecule has 2 heterocycles. The average Bonchev–Trinajstić information content (AvgIpc) is 3.23. The van der Waals surface area contributed by atoms with Gasteiger partial charge in [-0.1, -0.05) is 12.1 Å². The smallest absolute Gasteiger partial charge is 0.248 e. The Morgan fingerprint density at radius 2 is 2.00 bits per heavy atom. The SMILES string of the molecule is COCCOc1ccc(CNC(=O)C2(n3cccn3)CCNCC2)cc1.Cl. The molecule has 27 heavy (non-hydrogen) atoms. The van der Waals surface area contributed by atoms with E-state index in [-0.39, 0.29) is 18.3 Å². The molecule has 1 aromatic carbocycles. The minimum atomic E-state index is -0.613. The van der Waals surface area contributed by atoms with Gasteiger partial charge in [0, 0.05) is 26.0 Å². The lowest BCUT2D eigenvalue weighted by Crippen LogP contribution is -2.54. The second-order valence-corrected chi connectivity index (χ2v) is 6.40. The van der Waals surface area contributed by atoms with Crippen LogP contribution in [0, 0.1) is 0 Å². The summed E-state index contributed by atoms with van der Waals surface area (Å²) in [5, 5.41) is 10.7. The average molecular weight is 395 g/mol. The number of hydrogen-bond acceptors (Lipinski definition) is 5. The molecular formula is C19H27ClN4O3. The minimum absolute atomic E-state index is 0. The number of hydrogen-bond donors (Lipinski definition) is 2. The molecule has 0 bridgehead atoms. The molecule has 0 saturated carbocycles. The van der Waals surface area contributed by atoms with E-state index in [9.17, 15) is 4.79 Å². The number of amides is 1. The van der Waals surface area contributed by atoms with Gasteiger partial charge in [0.15, 0.2) is 0 Å². The molecule has 2 aromatic rings. The summed E-state index contributed by atoms with van der Waals surface area (Å²) < 4.78 is 12.3. The van der Waals surface area contributed by atoms with Crippen LogP contribution < -0.4 is 15.4 Å². The van der Waals surface area contributed by atoms with Gasteiger partial charge in [-0.2, -0.15) is 5.10 Å². The van der Waals surface area contributed by atoms with Crippen molar-refractivity contribution < 1.29 is 14.3 Å². The summed E-state index contributed by atoms with van der Waals surface area (Å²) in [6, 6.07) is 9.60. The van der Waals surface area contributed by atoms with Crippen molar-refractivity contribution >= 4 is 18.3 Å². The van der Waals surface area contributed by atoms with Crippen LogP contribution in [0.15, 0.2) is 42.7 Å². The lowest BCUT2D eigenvalue weighted by molar-refractivity contribution is -0.132. The number of aromatic nitrogens is 2. The van der Waals surface area contributed by atoms with Crippen LogP contribution in [0.25, 0.3) is 0 Å². The monoisotopic (exact) mass is 394 g/mol. The van der Waals surface area contributed by atoms with Gasteiger partial charge in [0.05, 0.1) is 6.61 Å². The van der Waals surface area contributed by atoms with Crippen molar-refractivity contribution in [3.8, 4) is 5.75 Å². The Bertz CT molecular complexity index is 685. The first-order valence-corrected chi connectivity index (χ1v) is 8.94. The van der Waals surface area contributed by atoms with Crippen LogP contribution in [0.1, 0.15) is 18.4 Å². The summed E-state index contributed by atoms with van der Waals surface area (Å²) in [5.74, 6) is 0.812. The first-order chi connectivity index (χ1) is 12.7. The van der Waals surface area contributed by atoms with Crippen molar-refractivity contribution in [1.82, 2.24) is 20.4 Å². The Hall–Kier alpha value is -2.09. The number of halogens is 1. The molecule has 1 amide bonds. The van der Waals surface area contributed by atoms with Gasteiger partial charge in [-0.15, -0.1) is 12.4 Å². The molecule has 0 spiro atoms. The number of carbonyl (C=O) groups is 1. The molecule has 2 N–H and O–H groups in total.